The molecule has 5 aromatic rings. The van der Waals surface area contributed by atoms with E-state index >= 15 is 0 Å². The molecule has 2 bridgehead atoms. The Balaban J connectivity index is 1.11. The topological polar surface area (TPSA) is 94.4 Å². The average Bonchev–Trinajstić information content (AvgIpc) is 3.18. The SMILES string of the molecule is CC#CC(=O)CCC1CCCN2CC1COc1cc3ncnc(Nc4ccc(Oc5ccc6c(c5)ncn6C)c(C)c4)c3cc12. The van der Waals surface area contributed by atoms with E-state index in [0.29, 0.717) is 24.9 Å². The van der Waals surface area contributed by atoms with Crippen molar-refractivity contribution in [3.63, 3.8) is 0 Å². The molecule has 228 valence electrons. The number of benzene rings is 3. The van der Waals surface area contributed by atoms with Crippen LogP contribution in [0.5, 0.6) is 17.2 Å². The summed E-state index contributed by atoms with van der Waals surface area (Å²) in [6.45, 7) is 6.23. The molecule has 2 aliphatic heterocycles. The molecule has 0 spiro atoms. The number of nitrogens with zero attached hydrogens (tertiary/aromatic N) is 5. The number of aromatic nitrogens is 4. The number of rotatable bonds is 7. The first-order chi connectivity index (χ1) is 21.9. The third-order valence-electron chi connectivity index (χ3n) is 9.00. The number of hydrogen-bond acceptors (Lipinski definition) is 8. The molecule has 1 fully saturated rings. The summed E-state index contributed by atoms with van der Waals surface area (Å²) in [5, 5.41) is 4.45. The molecular weight excluding hydrogens is 564 g/mol. The van der Waals surface area contributed by atoms with Gasteiger partial charge in [0.2, 0.25) is 5.78 Å². The van der Waals surface area contributed by atoms with Gasteiger partial charge < -0.3 is 24.3 Å². The van der Waals surface area contributed by atoms with E-state index in [9.17, 15) is 4.79 Å². The fourth-order valence-corrected chi connectivity index (χ4v) is 6.63. The van der Waals surface area contributed by atoms with E-state index < -0.39 is 0 Å². The first-order valence-corrected chi connectivity index (χ1v) is 15.5. The quantitative estimate of drug-likeness (QED) is 0.158. The molecule has 3 aromatic carbocycles. The second kappa shape index (κ2) is 12.1. The summed E-state index contributed by atoms with van der Waals surface area (Å²) in [7, 11) is 1.98. The van der Waals surface area contributed by atoms with Crippen molar-refractivity contribution < 1.29 is 14.3 Å². The number of fused-ring (bicyclic) bond motifs is 6. The highest BCUT2D eigenvalue weighted by atomic mass is 16.5. The summed E-state index contributed by atoms with van der Waals surface area (Å²) >= 11 is 0. The minimum Gasteiger partial charge on any atom is -0.491 e. The van der Waals surface area contributed by atoms with Crippen LogP contribution in [0.2, 0.25) is 0 Å². The highest BCUT2D eigenvalue weighted by molar-refractivity contribution is 5.96. The van der Waals surface area contributed by atoms with Gasteiger partial charge in [0.25, 0.3) is 0 Å². The maximum Gasteiger partial charge on any atom is 0.205 e. The summed E-state index contributed by atoms with van der Waals surface area (Å²) in [5.41, 5.74) is 5.76. The molecule has 2 aliphatic rings. The zero-order chi connectivity index (χ0) is 30.9. The van der Waals surface area contributed by atoms with Crippen molar-refractivity contribution in [2.45, 2.75) is 39.5 Å². The molecule has 4 heterocycles. The van der Waals surface area contributed by atoms with Crippen LogP contribution in [-0.2, 0) is 11.8 Å². The van der Waals surface area contributed by atoms with Crippen molar-refractivity contribution in [2.75, 3.05) is 29.9 Å². The number of aryl methyl sites for hydroxylation is 2. The average molecular weight is 601 g/mol. The standard InChI is InChI=1S/C36H36N6O3/c1-4-6-27(43)10-8-24-7-5-14-42-19-25(24)20-44-35-18-30-29(17-33(35)42)36(38-21-37-30)40-26-9-13-34(23(2)15-26)45-28-11-12-32-31(16-28)39-22-41(32)3/h9,11-13,15-18,21-22,24-25H,5,7-8,10,14,19-20H2,1-3H3,(H,37,38,40). The number of ether oxygens (including phenoxy) is 2. The lowest BCUT2D eigenvalue weighted by molar-refractivity contribution is -0.114. The van der Waals surface area contributed by atoms with Gasteiger partial charge in [0, 0.05) is 55.7 Å². The Kier molecular flexibility index (Phi) is 7.72. The smallest absolute Gasteiger partial charge is 0.205 e. The second-order valence-electron chi connectivity index (χ2n) is 12.0. The Bertz CT molecular complexity index is 1970. The van der Waals surface area contributed by atoms with Gasteiger partial charge in [0.15, 0.2) is 0 Å². The van der Waals surface area contributed by atoms with Crippen LogP contribution in [0.3, 0.4) is 0 Å². The van der Waals surface area contributed by atoms with Crippen molar-refractivity contribution in [2.24, 2.45) is 18.9 Å². The van der Waals surface area contributed by atoms with Gasteiger partial charge in [-0.2, -0.15) is 0 Å². The molecule has 7 rings (SSSR count). The highest BCUT2D eigenvalue weighted by Gasteiger charge is 2.32. The monoisotopic (exact) mass is 600 g/mol. The molecule has 0 saturated carbocycles. The van der Waals surface area contributed by atoms with Gasteiger partial charge in [-0.3, -0.25) is 4.79 Å². The van der Waals surface area contributed by atoms with Crippen LogP contribution in [0.25, 0.3) is 21.9 Å². The molecule has 1 saturated heterocycles. The second-order valence-corrected chi connectivity index (χ2v) is 12.0. The van der Waals surface area contributed by atoms with E-state index in [0.717, 1.165) is 94.3 Å². The van der Waals surface area contributed by atoms with Gasteiger partial charge in [-0.25, -0.2) is 15.0 Å². The number of nitrogens with one attached hydrogen (secondary N) is 1. The maximum atomic E-state index is 12.1. The van der Waals surface area contributed by atoms with Crippen LogP contribution >= 0.6 is 0 Å². The number of ketones is 1. The lowest BCUT2D eigenvalue weighted by atomic mass is 9.85. The minimum atomic E-state index is 0.0288. The molecule has 0 amide bonds. The Morgan fingerprint density at radius 3 is 2.89 bits per heavy atom. The predicted octanol–water partition coefficient (Wildman–Crippen LogP) is 6.96. The van der Waals surface area contributed by atoms with E-state index in [2.05, 4.69) is 49.1 Å². The first-order valence-electron chi connectivity index (χ1n) is 15.5. The number of carbonyl (C=O) groups excluding carboxylic acids is 1. The third kappa shape index (κ3) is 5.88. The molecule has 9 heteroatoms. The summed E-state index contributed by atoms with van der Waals surface area (Å²) in [6, 6.07) is 16.2. The Labute approximate surface area is 262 Å². The van der Waals surface area contributed by atoms with Gasteiger partial charge in [-0.05, 0) is 86.9 Å². The van der Waals surface area contributed by atoms with Crippen LogP contribution in [0.4, 0.5) is 17.2 Å². The number of Topliss-reactive ketones (excluding diaryl/α,β-unsaturated/α-hetero) is 1. The van der Waals surface area contributed by atoms with E-state index in [1.807, 2.05) is 54.9 Å². The molecule has 0 aliphatic carbocycles. The summed E-state index contributed by atoms with van der Waals surface area (Å²) in [6.07, 6.45) is 6.92. The number of carbonyl (C=O) groups is 1. The fraction of sp³-hybridized carbons (Fsp3) is 0.333. The van der Waals surface area contributed by atoms with E-state index in [1.54, 1.807) is 19.6 Å². The summed E-state index contributed by atoms with van der Waals surface area (Å²) in [4.78, 5) is 28.2. The van der Waals surface area contributed by atoms with Crippen LogP contribution in [-0.4, -0.2) is 45.0 Å². The molecule has 9 nitrogen and oxygen atoms in total. The van der Waals surface area contributed by atoms with E-state index in [4.69, 9.17) is 9.47 Å². The van der Waals surface area contributed by atoms with Crippen molar-refractivity contribution in [3.05, 3.63) is 66.7 Å². The van der Waals surface area contributed by atoms with E-state index in [-0.39, 0.29) is 5.78 Å². The summed E-state index contributed by atoms with van der Waals surface area (Å²) < 4.78 is 14.6. The lowest BCUT2D eigenvalue weighted by Crippen LogP contribution is -2.31. The fourth-order valence-electron chi connectivity index (χ4n) is 6.63. The summed E-state index contributed by atoms with van der Waals surface area (Å²) in [5.74, 6) is 9.35. The first kappa shape index (κ1) is 28.7. The Hall–Kier alpha value is -5.10. The van der Waals surface area contributed by atoms with Gasteiger partial charge >= 0.3 is 0 Å². The normalized spacial score (nSPS) is 17.4. The van der Waals surface area contributed by atoms with Crippen molar-refractivity contribution >= 4 is 44.9 Å². The highest BCUT2D eigenvalue weighted by Crippen LogP contribution is 2.41. The number of anilines is 3. The van der Waals surface area contributed by atoms with Crippen molar-refractivity contribution in [3.8, 4) is 29.1 Å². The Morgan fingerprint density at radius 2 is 2.02 bits per heavy atom. The Morgan fingerprint density at radius 1 is 1.11 bits per heavy atom. The van der Waals surface area contributed by atoms with Gasteiger partial charge in [-0.1, -0.05) is 5.92 Å². The zero-order valence-corrected chi connectivity index (χ0v) is 25.8. The molecule has 2 atom stereocenters. The largest absolute Gasteiger partial charge is 0.491 e. The van der Waals surface area contributed by atoms with Gasteiger partial charge in [0.05, 0.1) is 35.2 Å². The number of hydrogen-bond donors (Lipinski definition) is 1. The maximum absolute atomic E-state index is 12.1. The lowest BCUT2D eigenvalue weighted by Gasteiger charge is -2.25. The van der Waals surface area contributed by atoms with Crippen LogP contribution in [0.1, 0.15) is 38.2 Å². The van der Waals surface area contributed by atoms with Crippen molar-refractivity contribution in [1.82, 2.24) is 19.5 Å². The minimum absolute atomic E-state index is 0.0288. The molecule has 45 heavy (non-hydrogen) atoms. The van der Waals surface area contributed by atoms with Gasteiger partial charge in [-0.15, -0.1) is 0 Å². The third-order valence-corrected chi connectivity index (χ3v) is 9.00. The molecule has 2 unspecified atom stereocenters. The molecular formula is C36H36N6O3. The zero-order valence-electron chi connectivity index (χ0n) is 25.8. The number of imidazole rings is 1. The van der Waals surface area contributed by atoms with Crippen LogP contribution in [0.15, 0.2) is 61.2 Å². The predicted molar refractivity (Wildman–Crippen MR) is 176 cm³/mol. The van der Waals surface area contributed by atoms with Gasteiger partial charge in [0.1, 0.15) is 29.4 Å². The van der Waals surface area contributed by atoms with Crippen LogP contribution in [0, 0.1) is 30.6 Å². The molecule has 1 N–H and O–H groups in total. The molecule has 2 aromatic heterocycles. The molecule has 0 radical (unpaired) electrons. The van der Waals surface area contributed by atoms with Crippen LogP contribution < -0.4 is 19.7 Å². The van der Waals surface area contributed by atoms with E-state index in [1.165, 1.54) is 0 Å². The van der Waals surface area contributed by atoms with Crippen molar-refractivity contribution in [1.29, 1.82) is 0 Å².